The molecule has 98 valence electrons. The van der Waals surface area contributed by atoms with Gasteiger partial charge in [-0.25, -0.2) is 13.2 Å². The number of hydrogen-bond acceptors (Lipinski definition) is 2. The molecule has 1 aromatic rings. The molecule has 1 fully saturated rings. The van der Waals surface area contributed by atoms with Crippen molar-refractivity contribution in [1.29, 1.82) is 0 Å². The average molecular weight is 289 g/mol. The van der Waals surface area contributed by atoms with Crippen molar-refractivity contribution in [2.24, 2.45) is 0 Å². The lowest BCUT2D eigenvalue weighted by molar-refractivity contribution is 0.519. The Morgan fingerprint density at radius 1 is 0.941 bits per heavy atom. The van der Waals surface area contributed by atoms with Gasteiger partial charge in [0, 0.05) is 38.3 Å². The van der Waals surface area contributed by atoms with Crippen LogP contribution in [0.2, 0.25) is 0 Å². The molecule has 1 heterocycles. The van der Waals surface area contributed by atoms with E-state index in [0.717, 1.165) is 0 Å². The summed E-state index contributed by atoms with van der Waals surface area (Å²) < 4.78 is 39.4. The van der Waals surface area contributed by atoms with E-state index in [1.165, 1.54) is 0 Å². The second-order valence-corrected chi connectivity index (χ2v) is 3.46. The second-order valence-electron chi connectivity index (χ2n) is 3.46. The monoisotopic (exact) mass is 288 g/mol. The van der Waals surface area contributed by atoms with Gasteiger partial charge in [0.15, 0.2) is 11.6 Å². The Bertz CT molecular complexity index is 348. The van der Waals surface area contributed by atoms with Gasteiger partial charge in [-0.15, -0.1) is 24.8 Å². The maximum Gasteiger partial charge on any atom is 0.152 e. The third-order valence-electron chi connectivity index (χ3n) is 2.41. The van der Waals surface area contributed by atoms with E-state index in [0.29, 0.717) is 38.3 Å². The predicted molar refractivity (Wildman–Crippen MR) is 65.9 cm³/mol. The van der Waals surface area contributed by atoms with Crippen molar-refractivity contribution < 1.29 is 13.2 Å². The Kier molecular flexibility index (Phi) is 6.67. The highest BCUT2D eigenvalue weighted by Crippen LogP contribution is 2.24. The van der Waals surface area contributed by atoms with Crippen LogP contribution in [0.3, 0.4) is 0 Å². The molecular formula is C10H13Cl2F3N2. The predicted octanol–water partition coefficient (Wildman–Crippen LogP) is 2.36. The molecule has 1 saturated heterocycles. The number of rotatable bonds is 1. The SMILES string of the molecule is Cl.Cl.Fc1cc(F)c(N2CCNCC2)c(F)c1. The fraction of sp³-hybridized carbons (Fsp3) is 0.400. The molecule has 0 bridgehead atoms. The molecule has 0 aromatic heterocycles. The van der Waals surface area contributed by atoms with Gasteiger partial charge in [0.05, 0.1) is 0 Å². The normalized spacial score (nSPS) is 14.9. The Labute approximate surface area is 110 Å². The minimum atomic E-state index is -0.885. The van der Waals surface area contributed by atoms with Gasteiger partial charge < -0.3 is 10.2 Å². The molecule has 7 heteroatoms. The van der Waals surface area contributed by atoms with Crippen molar-refractivity contribution in [2.75, 3.05) is 31.1 Å². The van der Waals surface area contributed by atoms with Crippen LogP contribution in [0.25, 0.3) is 0 Å². The molecule has 0 spiro atoms. The molecule has 1 aliphatic heterocycles. The van der Waals surface area contributed by atoms with Gasteiger partial charge in [0.1, 0.15) is 11.5 Å². The van der Waals surface area contributed by atoms with E-state index in [1.54, 1.807) is 4.90 Å². The first-order chi connectivity index (χ1) is 7.18. The number of nitrogens with one attached hydrogen (secondary N) is 1. The summed E-state index contributed by atoms with van der Waals surface area (Å²) in [4.78, 5) is 1.58. The molecule has 17 heavy (non-hydrogen) atoms. The minimum Gasteiger partial charge on any atom is -0.364 e. The number of nitrogens with zero attached hydrogens (tertiary/aromatic N) is 1. The third-order valence-corrected chi connectivity index (χ3v) is 2.41. The largest absolute Gasteiger partial charge is 0.364 e. The number of piperazine rings is 1. The third kappa shape index (κ3) is 3.66. The average Bonchev–Trinajstić information content (AvgIpc) is 2.17. The molecule has 1 aliphatic rings. The molecule has 2 rings (SSSR count). The summed E-state index contributed by atoms with van der Waals surface area (Å²) in [5.74, 6) is -2.56. The van der Waals surface area contributed by atoms with Gasteiger partial charge in [0.25, 0.3) is 0 Å². The fourth-order valence-electron chi connectivity index (χ4n) is 1.73. The Hall–Kier alpha value is -0.650. The summed E-state index contributed by atoms with van der Waals surface area (Å²) in [5, 5.41) is 3.07. The van der Waals surface area contributed by atoms with Crippen LogP contribution >= 0.6 is 24.8 Å². The maximum absolute atomic E-state index is 13.4. The van der Waals surface area contributed by atoms with Crippen LogP contribution < -0.4 is 10.2 Å². The van der Waals surface area contributed by atoms with Crippen LogP contribution in [0, 0.1) is 17.5 Å². The summed E-state index contributed by atoms with van der Waals surface area (Å²) in [7, 11) is 0. The molecule has 0 atom stereocenters. The first-order valence-corrected chi connectivity index (χ1v) is 4.78. The van der Waals surface area contributed by atoms with Crippen LogP contribution in [-0.2, 0) is 0 Å². The topological polar surface area (TPSA) is 15.3 Å². The van der Waals surface area contributed by atoms with Gasteiger partial charge in [-0.1, -0.05) is 0 Å². The highest BCUT2D eigenvalue weighted by atomic mass is 35.5. The minimum absolute atomic E-state index is 0. The lowest BCUT2D eigenvalue weighted by atomic mass is 10.2. The standard InChI is InChI=1S/C10H11F3N2.2ClH/c11-7-5-8(12)10(9(13)6-7)15-3-1-14-2-4-15;;/h5-6,14H,1-4H2;2*1H. The zero-order valence-electron chi connectivity index (χ0n) is 8.88. The van der Waals surface area contributed by atoms with Crippen LogP contribution in [-0.4, -0.2) is 26.2 Å². The highest BCUT2D eigenvalue weighted by molar-refractivity contribution is 5.85. The Morgan fingerprint density at radius 3 is 1.88 bits per heavy atom. The van der Waals surface area contributed by atoms with Crippen molar-refractivity contribution in [1.82, 2.24) is 5.32 Å². The van der Waals surface area contributed by atoms with E-state index in [-0.39, 0.29) is 30.5 Å². The van der Waals surface area contributed by atoms with E-state index in [4.69, 9.17) is 0 Å². The smallest absolute Gasteiger partial charge is 0.152 e. The van der Waals surface area contributed by atoms with Gasteiger partial charge in [-0.05, 0) is 0 Å². The van der Waals surface area contributed by atoms with E-state index >= 15 is 0 Å². The Balaban J connectivity index is 0.00000128. The molecule has 0 saturated carbocycles. The summed E-state index contributed by atoms with van der Waals surface area (Å²) in [6, 6.07) is 1.42. The first-order valence-electron chi connectivity index (χ1n) is 4.78. The number of halogens is 5. The van der Waals surface area contributed by atoms with Gasteiger partial charge in [-0.3, -0.25) is 0 Å². The van der Waals surface area contributed by atoms with Crippen molar-refractivity contribution in [3.05, 3.63) is 29.6 Å². The molecule has 0 aliphatic carbocycles. The first kappa shape index (κ1) is 16.4. The quantitative estimate of drug-likeness (QED) is 0.854. The zero-order chi connectivity index (χ0) is 10.8. The number of anilines is 1. The van der Waals surface area contributed by atoms with Gasteiger partial charge >= 0.3 is 0 Å². The maximum atomic E-state index is 13.4. The molecule has 1 aromatic carbocycles. The molecule has 2 nitrogen and oxygen atoms in total. The summed E-state index contributed by atoms with van der Waals surface area (Å²) in [6.45, 7) is 2.41. The van der Waals surface area contributed by atoms with E-state index in [2.05, 4.69) is 5.32 Å². The van der Waals surface area contributed by atoms with Crippen molar-refractivity contribution in [3.63, 3.8) is 0 Å². The van der Waals surface area contributed by atoms with Gasteiger partial charge in [-0.2, -0.15) is 0 Å². The molecular weight excluding hydrogens is 276 g/mol. The molecule has 0 unspecified atom stereocenters. The number of benzene rings is 1. The van der Waals surface area contributed by atoms with Crippen LogP contribution in [0.1, 0.15) is 0 Å². The van der Waals surface area contributed by atoms with E-state index in [9.17, 15) is 13.2 Å². The van der Waals surface area contributed by atoms with Crippen molar-refractivity contribution >= 4 is 30.5 Å². The van der Waals surface area contributed by atoms with Gasteiger partial charge in [0.2, 0.25) is 0 Å². The summed E-state index contributed by atoms with van der Waals surface area (Å²) >= 11 is 0. The fourth-order valence-corrected chi connectivity index (χ4v) is 1.73. The summed E-state index contributed by atoms with van der Waals surface area (Å²) in [5.41, 5.74) is -0.127. The van der Waals surface area contributed by atoms with Crippen molar-refractivity contribution in [2.45, 2.75) is 0 Å². The Morgan fingerprint density at radius 2 is 1.41 bits per heavy atom. The van der Waals surface area contributed by atoms with Crippen LogP contribution in [0.4, 0.5) is 18.9 Å². The highest BCUT2D eigenvalue weighted by Gasteiger charge is 2.19. The second kappa shape index (κ2) is 6.93. The lowest BCUT2D eigenvalue weighted by Gasteiger charge is -2.29. The van der Waals surface area contributed by atoms with Crippen LogP contribution in [0.15, 0.2) is 12.1 Å². The van der Waals surface area contributed by atoms with Crippen molar-refractivity contribution in [3.8, 4) is 0 Å². The van der Waals surface area contributed by atoms with E-state index in [1.807, 2.05) is 0 Å². The number of hydrogen-bond donors (Lipinski definition) is 1. The molecule has 1 N–H and O–H groups in total. The zero-order valence-corrected chi connectivity index (χ0v) is 10.5. The lowest BCUT2D eigenvalue weighted by Crippen LogP contribution is -2.44. The van der Waals surface area contributed by atoms with E-state index < -0.39 is 17.5 Å². The molecule has 0 radical (unpaired) electrons. The summed E-state index contributed by atoms with van der Waals surface area (Å²) in [6.07, 6.45) is 0. The van der Waals surface area contributed by atoms with Crippen LogP contribution in [0.5, 0.6) is 0 Å². The molecule has 0 amide bonds.